The highest BCUT2D eigenvalue weighted by atomic mass is 32.2. The number of carbonyl (C=O) groups is 2. The van der Waals surface area contributed by atoms with Gasteiger partial charge in [0.05, 0.1) is 25.5 Å². The van der Waals surface area contributed by atoms with E-state index < -0.39 is 11.6 Å². The summed E-state index contributed by atoms with van der Waals surface area (Å²) in [4.78, 5) is 38.3. The van der Waals surface area contributed by atoms with E-state index in [2.05, 4.69) is 10.6 Å². The molecule has 0 spiro atoms. The molecule has 1 amide bonds. The van der Waals surface area contributed by atoms with Gasteiger partial charge in [-0.3, -0.25) is 9.32 Å². The lowest BCUT2D eigenvalue weighted by Gasteiger charge is -2.11. The summed E-state index contributed by atoms with van der Waals surface area (Å²) in [6.45, 7) is 0. The minimum Gasteiger partial charge on any atom is -0.497 e. The number of ether oxygens (including phenoxy) is 2. The SMILES string of the molecule is COC(=O)c1c(NC(=O)CSc2c(=O)o[nH][n+]2-c2ccc(OC)cc2)sc2c1CCCC2. The summed E-state index contributed by atoms with van der Waals surface area (Å²) >= 11 is 2.46. The Balaban J connectivity index is 1.50. The second-order valence-corrected chi connectivity index (χ2v) is 9.13. The van der Waals surface area contributed by atoms with E-state index in [4.69, 9.17) is 14.0 Å². The average molecular weight is 477 g/mol. The zero-order chi connectivity index (χ0) is 22.7. The number of esters is 1. The number of hydrogen-bond donors (Lipinski definition) is 2. The van der Waals surface area contributed by atoms with Crippen molar-refractivity contribution in [2.24, 2.45) is 0 Å². The Hall–Kier alpha value is -3.05. The van der Waals surface area contributed by atoms with Crippen molar-refractivity contribution < 1.29 is 28.3 Å². The van der Waals surface area contributed by atoms with Gasteiger partial charge in [0.2, 0.25) is 11.6 Å². The summed E-state index contributed by atoms with van der Waals surface area (Å²) in [7, 11) is 2.90. The zero-order valence-corrected chi connectivity index (χ0v) is 19.2. The monoisotopic (exact) mass is 476 g/mol. The molecule has 11 heteroatoms. The van der Waals surface area contributed by atoms with E-state index >= 15 is 0 Å². The summed E-state index contributed by atoms with van der Waals surface area (Å²) in [5.41, 5.74) is 1.48. The van der Waals surface area contributed by atoms with E-state index in [1.165, 1.54) is 23.1 Å². The van der Waals surface area contributed by atoms with Crippen LogP contribution in [0.25, 0.3) is 5.69 Å². The number of rotatable bonds is 7. The van der Waals surface area contributed by atoms with Gasteiger partial charge in [0.15, 0.2) is 0 Å². The number of H-pyrrole nitrogens is 1. The van der Waals surface area contributed by atoms with Crippen LogP contribution in [0.1, 0.15) is 33.6 Å². The van der Waals surface area contributed by atoms with Crippen molar-refractivity contribution in [2.45, 2.75) is 30.7 Å². The number of aromatic amines is 1. The number of nitrogens with zero attached hydrogens (tertiary/aromatic N) is 1. The van der Waals surface area contributed by atoms with E-state index in [1.54, 1.807) is 31.4 Å². The highest BCUT2D eigenvalue weighted by molar-refractivity contribution is 7.99. The number of aryl methyl sites for hydroxylation is 1. The van der Waals surface area contributed by atoms with Gasteiger partial charge >= 0.3 is 16.6 Å². The van der Waals surface area contributed by atoms with Crippen molar-refractivity contribution in [1.29, 1.82) is 0 Å². The van der Waals surface area contributed by atoms with Gasteiger partial charge in [-0.25, -0.2) is 9.59 Å². The van der Waals surface area contributed by atoms with E-state index in [-0.39, 0.29) is 16.7 Å². The van der Waals surface area contributed by atoms with Crippen LogP contribution in [-0.2, 0) is 22.4 Å². The van der Waals surface area contributed by atoms with Crippen molar-refractivity contribution in [3.8, 4) is 11.4 Å². The van der Waals surface area contributed by atoms with Gasteiger partial charge < -0.3 is 14.8 Å². The zero-order valence-electron chi connectivity index (χ0n) is 17.6. The first-order chi connectivity index (χ1) is 15.5. The molecule has 2 aromatic heterocycles. The molecular weight excluding hydrogens is 454 g/mol. The molecule has 0 aliphatic heterocycles. The van der Waals surface area contributed by atoms with Crippen LogP contribution in [0.2, 0.25) is 0 Å². The number of thioether (sulfide) groups is 1. The minimum atomic E-state index is -0.583. The topological polar surface area (TPSA) is 115 Å². The Morgan fingerprint density at radius 1 is 1.22 bits per heavy atom. The number of carbonyl (C=O) groups excluding carboxylic acids is 2. The average Bonchev–Trinajstić information content (AvgIpc) is 3.36. The standard InChI is InChI=1S/C21H21N3O6S2/c1-28-13-9-7-12(8-10-13)24-19(21(27)30-23-24)31-11-16(25)22-18-17(20(26)29-2)14-5-3-4-6-15(14)32-18/h7-10H,3-6,11H2,1-2H3,(H-,22,23,25,26,27)/p+1. The number of hydrogen-bond acceptors (Lipinski definition) is 8. The molecule has 2 N–H and O–H groups in total. The maximum atomic E-state index is 12.7. The molecule has 9 nitrogen and oxygen atoms in total. The Kier molecular flexibility index (Phi) is 6.66. The minimum absolute atomic E-state index is 0.0397. The van der Waals surface area contributed by atoms with Crippen LogP contribution in [0, 0.1) is 0 Å². The Bertz CT molecular complexity index is 1200. The molecule has 1 aliphatic rings. The van der Waals surface area contributed by atoms with Crippen LogP contribution >= 0.6 is 23.1 Å². The summed E-state index contributed by atoms with van der Waals surface area (Å²) in [6, 6.07) is 7.02. The molecule has 1 aliphatic carbocycles. The highest BCUT2D eigenvalue weighted by Gasteiger charge is 2.28. The van der Waals surface area contributed by atoms with Crippen molar-refractivity contribution >= 4 is 40.0 Å². The maximum Gasteiger partial charge on any atom is 0.442 e. The normalized spacial score (nSPS) is 12.8. The molecule has 0 bridgehead atoms. The molecule has 0 atom stereocenters. The molecule has 0 saturated carbocycles. The van der Waals surface area contributed by atoms with Crippen LogP contribution in [0.4, 0.5) is 5.00 Å². The number of anilines is 1. The fourth-order valence-corrected chi connectivity index (χ4v) is 5.62. The van der Waals surface area contributed by atoms with Gasteiger partial charge in [-0.05, 0) is 65.1 Å². The first-order valence-corrected chi connectivity index (χ1v) is 11.8. The van der Waals surface area contributed by atoms with E-state index in [9.17, 15) is 14.4 Å². The third-order valence-electron chi connectivity index (χ3n) is 5.09. The van der Waals surface area contributed by atoms with Crippen molar-refractivity contribution in [3.05, 3.63) is 50.7 Å². The molecule has 168 valence electrons. The van der Waals surface area contributed by atoms with Crippen molar-refractivity contribution in [3.63, 3.8) is 0 Å². The molecule has 0 saturated heterocycles. The van der Waals surface area contributed by atoms with Crippen LogP contribution in [-0.4, -0.2) is 37.1 Å². The number of thiophene rings is 1. The number of methoxy groups -OCH3 is 2. The number of fused-ring (bicyclic) bond motifs is 1. The van der Waals surface area contributed by atoms with Crippen LogP contribution in [0.3, 0.4) is 0 Å². The summed E-state index contributed by atoms with van der Waals surface area (Å²) in [5.74, 6) is -0.146. The predicted molar refractivity (Wildman–Crippen MR) is 119 cm³/mol. The van der Waals surface area contributed by atoms with Crippen molar-refractivity contribution in [1.82, 2.24) is 5.27 Å². The fraction of sp³-hybridized carbons (Fsp3) is 0.333. The van der Waals surface area contributed by atoms with Gasteiger partial charge in [0, 0.05) is 17.0 Å². The lowest BCUT2D eigenvalue weighted by Crippen LogP contribution is -2.36. The van der Waals surface area contributed by atoms with Gasteiger partial charge in [-0.2, -0.15) is 0 Å². The number of amides is 1. The maximum absolute atomic E-state index is 12.7. The van der Waals surface area contributed by atoms with Crippen LogP contribution < -0.4 is 20.4 Å². The van der Waals surface area contributed by atoms with Crippen LogP contribution in [0.5, 0.6) is 5.75 Å². The second kappa shape index (κ2) is 9.61. The number of aromatic nitrogens is 2. The molecule has 4 rings (SSSR count). The fourth-order valence-electron chi connectivity index (χ4n) is 3.56. The Labute approximate surface area is 191 Å². The molecular formula is C21H22N3O6S2+. The highest BCUT2D eigenvalue weighted by Crippen LogP contribution is 2.38. The van der Waals surface area contributed by atoms with Crippen molar-refractivity contribution in [2.75, 3.05) is 25.3 Å². The smallest absolute Gasteiger partial charge is 0.442 e. The molecule has 0 unspecified atom stereocenters. The molecule has 0 fully saturated rings. The van der Waals surface area contributed by atoms with Crippen LogP contribution in [0.15, 0.2) is 38.6 Å². The first-order valence-electron chi connectivity index (χ1n) is 9.95. The molecule has 2 heterocycles. The Morgan fingerprint density at radius 2 is 1.97 bits per heavy atom. The quantitative estimate of drug-likeness (QED) is 0.306. The lowest BCUT2D eigenvalue weighted by atomic mass is 9.95. The molecule has 1 aromatic carbocycles. The van der Waals surface area contributed by atoms with E-state index in [0.29, 0.717) is 22.0 Å². The van der Waals surface area contributed by atoms with E-state index in [1.807, 2.05) is 0 Å². The molecule has 32 heavy (non-hydrogen) atoms. The number of benzene rings is 1. The van der Waals surface area contributed by atoms with E-state index in [0.717, 1.165) is 47.9 Å². The van der Waals surface area contributed by atoms with Gasteiger partial charge in [0.25, 0.3) is 0 Å². The summed E-state index contributed by atoms with van der Waals surface area (Å²) < 4.78 is 16.5. The predicted octanol–water partition coefficient (Wildman–Crippen LogP) is 2.71. The Morgan fingerprint density at radius 3 is 2.69 bits per heavy atom. The largest absolute Gasteiger partial charge is 0.497 e. The summed E-state index contributed by atoms with van der Waals surface area (Å²) in [5, 5.41) is 6.10. The first kappa shape index (κ1) is 22.2. The third kappa shape index (κ3) is 4.44. The lowest BCUT2D eigenvalue weighted by molar-refractivity contribution is -0.704. The molecule has 3 aromatic rings. The summed E-state index contributed by atoms with van der Waals surface area (Å²) in [6.07, 6.45) is 3.76. The third-order valence-corrected chi connectivity index (χ3v) is 7.33. The van der Waals surface area contributed by atoms with Gasteiger partial charge in [-0.1, -0.05) is 0 Å². The molecule has 0 radical (unpaired) electrons. The van der Waals surface area contributed by atoms with Gasteiger partial charge in [-0.15, -0.1) is 11.3 Å². The second-order valence-electron chi connectivity index (χ2n) is 7.06. The number of nitrogens with one attached hydrogen (secondary N) is 2. The van der Waals surface area contributed by atoms with Gasteiger partial charge in [0.1, 0.15) is 10.8 Å².